The van der Waals surface area contributed by atoms with Gasteiger partial charge in [-0.2, -0.15) is 0 Å². The van der Waals surface area contributed by atoms with Crippen molar-refractivity contribution in [2.45, 2.75) is 13.0 Å². The van der Waals surface area contributed by atoms with Gasteiger partial charge in [-0.3, -0.25) is 4.79 Å². The maximum absolute atomic E-state index is 13.4. The zero-order valence-corrected chi connectivity index (χ0v) is 14.7. The first-order chi connectivity index (χ1) is 13.1. The maximum Gasteiger partial charge on any atom is 0.254 e. The normalized spacial score (nSPS) is 13.2. The smallest absolute Gasteiger partial charge is 0.254 e. The Bertz CT molecular complexity index is 986. The van der Waals surface area contributed by atoms with E-state index in [0.717, 1.165) is 11.3 Å². The predicted octanol–water partition coefficient (Wildman–Crippen LogP) is 3.76. The third-order valence-electron chi connectivity index (χ3n) is 4.52. The number of methoxy groups -OCH3 is 1. The van der Waals surface area contributed by atoms with Gasteiger partial charge in [0.1, 0.15) is 17.3 Å². The molecule has 2 aromatic carbocycles. The van der Waals surface area contributed by atoms with Crippen LogP contribution in [0.5, 0.6) is 5.75 Å². The summed E-state index contributed by atoms with van der Waals surface area (Å²) in [7, 11) is 1.57. The number of hydrogen-bond acceptors (Lipinski definition) is 5. The molecule has 27 heavy (non-hydrogen) atoms. The topological polar surface area (TPSA) is 67.6 Å². The quantitative estimate of drug-likeness (QED) is 0.760. The van der Waals surface area contributed by atoms with Gasteiger partial charge in [0, 0.05) is 24.2 Å². The molecule has 2 heterocycles. The van der Waals surface area contributed by atoms with Crippen molar-refractivity contribution in [2.75, 3.05) is 19.0 Å². The lowest BCUT2D eigenvalue weighted by Gasteiger charge is -2.26. The first-order valence-electron chi connectivity index (χ1n) is 8.57. The molecule has 0 atom stereocenters. The molecule has 138 valence electrons. The van der Waals surface area contributed by atoms with Crippen molar-refractivity contribution in [3.8, 4) is 5.75 Å². The molecule has 0 spiro atoms. The summed E-state index contributed by atoms with van der Waals surface area (Å²) in [5.74, 6) is 1.45. The number of carbonyl (C=O) groups excluding carboxylic acids is 1. The SMILES string of the molecule is COc1cccc(C(=O)N2CCc3onc(Nc4cccc(F)c4)c3C2)c1. The van der Waals surface area contributed by atoms with Crippen molar-refractivity contribution < 1.29 is 18.4 Å². The van der Waals surface area contributed by atoms with Crippen molar-refractivity contribution in [3.05, 3.63) is 71.2 Å². The highest BCUT2D eigenvalue weighted by molar-refractivity contribution is 5.94. The van der Waals surface area contributed by atoms with Crippen LogP contribution in [0.25, 0.3) is 0 Å². The van der Waals surface area contributed by atoms with Crippen LogP contribution < -0.4 is 10.1 Å². The summed E-state index contributed by atoms with van der Waals surface area (Å²) in [6.07, 6.45) is 0.572. The molecular weight excluding hydrogens is 349 g/mol. The molecule has 1 amide bonds. The Kier molecular flexibility index (Phi) is 4.50. The highest BCUT2D eigenvalue weighted by atomic mass is 19.1. The average molecular weight is 367 g/mol. The Morgan fingerprint density at radius 2 is 2.11 bits per heavy atom. The number of anilines is 2. The van der Waals surface area contributed by atoms with Gasteiger partial charge in [0.05, 0.1) is 19.2 Å². The number of ether oxygens (including phenoxy) is 1. The predicted molar refractivity (Wildman–Crippen MR) is 97.6 cm³/mol. The van der Waals surface area contributed by atoms with Crippen molar-refractivity contribution >= 4 is 17.4 Å². The first-order valence-corrected chi connectivity index (χ1v) is 8.57. The Labute approximate surface area is 155 Å². The monoisotopic (exact) mass is 367 g/mol. The Morgan fingerprint density at radius 3 is 2.93 bits per heavy atom. The summed E-state index contributed by atoms with van der Waals surface area (Å²) < 4.78 is 24.0. The van der Waals surface area contributed by atoms with Crippen LogP contribution in [0.1, 0.15) is 21.7 Å². The molecule has 7 heteroatoms. The van der Waals surface area contributed by atoms with Crippen molar-refractivity contribution in [1.82, 2.24) is 10.1 Å². The van der Waals surface area contributed by atoms with E-state index in [9.17, 15) is 9.18 Å². The summed E-state index contributed by atoms with van der Waals surface area (Å²) >= 11 is 0. The molecule has 0 aliphatic carbocycles. The number of aromatic nitrogens is 1. The van der Waals surface area contributed by atoms with Gasteiger partial charge in [-0.05, 0) is 36.4 Å². The van der Waals surface area contributed by atoms with E-state index in [1.807, 2.05) is 0 Å². The fourth-order valence-corrected chi connectivity index (χ4v) is 3.12. The molecule has 1 aliphatic heterocycles. The Balaban J connectivity index is 1.55. The summed E-state index contributed by atoms with van der Waals surface area (Å²) in [5, 5.41) is 7.12. The lowest BCUT2D eigenvalue weighted by Crippen LogP contribution is -2.35. The summed E-state index contributed by atoms with van der Waals surface area (Å²) in [4.78, 5) is 14.6. The highest BCUT2D eigenvalue weighted by Crippen LogP contribution is 2.29. The number of fused-ring (bicyclic) bond motifs is 1. The van der Waals surface area contributed by atoms with E-state index in [1.54, 1.807) is 48.4 Å². The molecular formula is C20H18FN3O3. The molecule has 6 nitrogen and oxygen atoms in total. The van der Waals surface area contributed by atoms with Gasteiger partial charge in [0.15, 0.2) is 5.82 Å². The zero-order valence-electron chi connectivity index (χ0n) is 14.7. The minimum absolute atomic E-state index is 0.0857. The Morgan fingerprint density at radius 1 is 1.26 bits per heavy atom. The standard InChI is InChI=1S/C20H18FN3O3/c1-26-16-7-2-4-13(10-16)20(25)24-9-8-18-17(12-24)19(23-27-18)22-15-6-3-5-14(21)11-15/h2-7,10-11H,8-9,12H2,1H3,(H,22,23). The molecule has 1 aliphatic rings. The maximum atomic E-state index is 13.4. The molecule has 1 N–H and O–H groups in total. The average Bonchev–Trinajstić information content (AvgIpc) is 3.09. The Hall–Kier alpha value is -3.35. The van der Waals surface area contributed by atoms with E-state index in [0.29, 0.717) is 42.3 Å². The largest absolute Gasteiger partial charge is 0.497 e. The molecule has 0 saturated heterocycles. The fourth-order valence-electron chi connectivity index (χ4n) is 3.12. The minimum Gasteiger partial charge on any atom is -0.497 e. The molecule has 4 rings (SSSR count). The molecule has 0 fully saturated rings. The first kappa shape index (κ1) is 17.1. The van der Waals surface area contributed by atoms with Gasteiger partial charge in [-0.15, -0.1) is 0 Å². The van der Waals surface area contributed by atoms with Gasteiger partial charge < -0.3 is 19.5 Å². The fraction of sp³-hybridized carbons (Fsp3) is 0.200. The van der Waals surface area contributed by atoms with Gasteiger partial charge in [-0.25, -0.2) is 4.39 Å². The molecule has 3 aromatic rings. The zero-order chi connectivity index (χ0) is 18.8. The number of nitrogens with one attached hydrogen (secondary N) is 1. The number of benzene rings is 2. The van der Waals surface area contributed by atoms with E-state index in [-0.39, 0.29) is 11.7 Å². The number of rotatable bonds is 4. The van der Waals surface area contributed by atoms with E-state index >= 15 is 0 Å². The van der Waals surface area contributed by atoms with E-state index < -0.39 is 0 Å². The highest BCUT2D eigenvalue weighted by Gasteiger charge is 2.28. The van der Waals surface area contributed by atoms with Crippen molar-refractivity contribution in [3.63, 3.8) is 0 Å². The van der Waals surface area contributed by atoms with Crippen LogP contribution in [-0.4, -0.2) is 29.6 Å². The van der Waals surface area contributed by atoms with Gasteiger partial charge in [0.2, 0.25) is 0 Å². The van der Waals surface area contributed by atoms with Crippen LogP contribution in [-0.2, 0) is 13.0 Å². The number of nitrogens with zero attached hydrogens (tertiary/aromatic N) is 2. The van der Waals surface area contributed by atoms with E-state index in [4.69, 9.17) is 9.26 Å². The molecule has 1 aromatic heterocycles. The van der Waals surface area contributed by atoms with E-state index in [2.05, 4.69) is 10.5 Å². The summed E-state index contributed by atoms with van der Waals surface area (Å²) in [6, 6.07) is 13.2. The lowest BCUT2D eigenvalue weighted by molar-refractivity contribution is 0.0729. The molecule has 0 unspecified atom stereocenters. The summed E-state index contributed by atoms with van der Waals surface area (Å²) in [5.41, 5.74) is 1.94. The number of amides is 1. The molecule has 0 radical (unpaired) electrons. The van der Waals surface area contributed by atoms with Crippen LogP contribution >= 0.6 is 0 Å². The molecule has 0 bridgehead atoms. The third-order valence-corrected chi connectivity index (χ3v) is 4.52. The van der Waals surface area contributed by atoms with Crippen molar-refractivity contribution in [2.24, 2.45) is 0 Å². The number of halogens is 1. The van der Waals surface area contributed by atoms with E-state index in [1.165, 1.54) is 12.1 Å². The number of hydrogen-bond donors (Lipinski definition) is 1. The van der Waals surface area contributed by atoms with Crippen LogP contribution in [0, 0.1) is 5.82 Å². The van der Waals surface area contributed by atoms with Crippen molar-refractivity contribution in [1.29, 1.82) is 0 Å². The third kappa shape index (κ3) is 3.48. The summed E-state index contributed by atoms with van der Waals surface area (Å²) in [6.45, 7) is 0.907. The van der Waals surface area contributed by atoms with Crippen LogP contribution in [0.2, 0.25) is 0 Å². The second-order valence-electron chi connectivity index (χ2n) is 6.28. The van der Waals surface area contributed by atoms with Gasteiger partial charge in [-0.1, -0.05) is 17.3 Å². The second kappa shape index (κ2) is 7.11. The van der Waals surface area contributed by atoms with Gasteiger partial charge >= 0.3 is 0 Å². The van der Waals surface area contributed by atoms with Crippen LogP contribution in [0.4, 0.5) is 15.9 Å². The van der Waals surface area contributed by atoms with Crippen LogP contribution in [0.3, 0.4) is 0 Å². The van der Waals surface area contributed by atoms with Gasteiger partial charge in [0.25, 0.3) is 5.91 Å². The molecule has 0 saturated carbocycles. The second-order valence-corrected chi connectivity index (χ2v) is 6.28. The van der Waals surface area contributed by atoms with Crippen LogP contribution in [0.15, 0.2) is 53.1 Å². The lowest BCUT2D eigenvalue weighted by atomic mass is 10.1. The number of carbonyl (C=O) groups is 1. The minimum atomic E-state index is -0.341.